The molecule has 1 nitrogen and oxygen atoms in total. The zero-order valence-corrected chi connectivity index (χ0v) is 14.5. The molecule has 0 fully saturated rings. The number of rotatable bonds is 11. The Morgan fingerprint density at radius 2 is 1.47 bits per heavy atom. The zero-order chi connectivity index (χ0) is 14.7. The molecule has 0 aromatic rings. The minimum absolute atomic E-state index is 0.439. The molecule has 2 unspecified atom stereocenters. The maximum atomic E-state index is 3.69. The van der Waals surface area contributed by atoms with Crippen LogP contribution >= 0.6 is 0 Å². The molecule has 0 aliphatic carbocycles. The lowest BCUT2D eigenvalue weighted by Crippen LogP contribution is -2.33. The van der Waals surface area contributed by atoms with Gasteiger partial charge < -0.3 is 5.32 Å². The molecule has 0 aliphatic rings. The monoisotopic (exact) mass is 269 g/mol. The highest BCUT2D eigenvalue weighted by atomic mass is 14.9. The van der Waals surface area contributed by atoms with Gasteiger partial charge in [0.25, 0.3) is 0 Å². The van der Waals surface area contributed by atoms with Crippen molar-refractivity contribution < 1.29 is 0 Å². The molecule has 0 aromatic heterocycles. The number of hydrogen-bond donors (Lipinski definition) is 1. The summed E-state index contributed by atoms with van der Waals surface area (Å²) in [5, 5.41) is 3.69. The smallest absolute Gasteiger partial charge is 0.00696 e. The summed E-state index contributed by atoms with van der Waals surface area (Å²) >= 11 is 0. The Labute approximate surface area is 122 Å². The summed E-state index contributed by atoms with van der Waals surface area (Å²) < 4.78 is 0. The molecule has 0 bridgehead atoms. The lowest BCUT2D eigenvalue weighted by Gasteiger charge is -2.31. The molecule has 0 spiro atoms. The molecule has 0 saturated heterocycles. The van der Waals surface area contributed by atoms with E-state index in [1.165, 1.54) is 51.4 Å². The third kappa shape index (κ3) is 10.4. The van der Waals surface area contributed by atoms with Gasteiger partial charge in [-0.3, -0.25) is 0 Å². The van der Waals surface area contributed by atoms with Crippen LogP contribution in [0.1, 0.15) is 92.9 Å². The predicted octanol–water partition coefficient (Wildman–Crippen LogP) is 5.79. The lowest BCUT2D eigenvalue weighted by atomic mass is 9.78. The van der Waals surface area contributed by atoms with E-state index in [0.717, 1.165) is 18.5 Å². The fraction of sp³-hybridized carbons (Fsp3) is 1.00. The van der Waals surface area contributed by atoms with Gasteiger partial charge in [-0.1, -0.05) is 80.1 Å². The summed E-state index contributed by atoms with van der Waals surface area (Å²) in [7, 11) is 0. The van der Waals surface area contributed by atoms with Crippen molar-refractivity contribution in [2.24, 2.45) is 11.3 Å². The van der Waals surface area contributed by atoms with Gasteiger partial charge in [-0.15, -0.1) is 0 Å². The first-order valence-corrected chi connectivity index (χ1v) is 8.65. The highest BCUT2D eigenvalue weighted by molar-refractivity contribution is 4.77. The fourth-order valence-corrected chi connectivity index (χ4v) is 2.54. The van der Waals surface area contributed by atoms with Crippen LogP contribution in [0.2, 0.25) is 0 Å². The van der Waals surface area contributed by atoms with Gasteiger partial charge in [0.2, 0.25) is 0 Å². The minimum atomic E-state index is 0.439. The van der Waals surface area contributed by atoms with E-state index in [1.807, 2.05) is 0 Å². The molecule has 0 saturated carbocycles. The van der Waals surface area contributed by atoms with Crippen molar-refractivity contribution in [3.63, 3.8) is 0 Å². The quantitative estimate of drug-likeness (QED) is 0.468. The number of nitrogens with one attached hydrogen (secondary N) is 1. The normalized spacial score (nSPS) is 15.5. The average molecular weight is 270 g/mol. The van der Waals surface area contributed by atoms with Crippen LogP contribution in [0, 0.1) is 11.3 Å². The van der Waals surface area contributed by atoms with E-state index in [2.05, 4.69) is 46.9 Å². The molecular weight excluding hydrogens is 230 g/mol. The van der Waals surface area contributed by atoms with Crippen molar-refractivity contribution in [2.75, 3.05) is 6.54 Å². The summed E-state index contributed by atoms with van der Waals surface area (Å²) in [4.78, 5) is 0. The second kappa shape index (κ2) is 10.7. The van der Waals surface area contributed by atoms with E-state index in [9.17, 15) is 0 Å². The molecule has 1 heteroatoms. The predicted molar refractivity (Wildman–Crippen MR) is 88.7 cm³/mol. The first-order valence-electron chi connectivity index (χ1n) is 8.65. The highest BCUT2D eigenvalue weighted by Gasteiger charge is 2.22. The molecule has 0 aliphatic heterocycles. The van der Waals surface area contributed by atoms with E-state index in [1.54, 1.807) is 0 Å². The van der Waals surface area contributed by atoms with E-state index in [4.69, 9.17) is 0 Å². The maximum absolute atomic E-state index is 3.69. The summed E-state index contributed by atoms with van der Waals surface area (Å²) in [6.45, 7) is 15.1. The van der Waals surface area contributed by atoms with Crippen molar-refractivity contribution in [1.82, 2.24) is 5.32 Å². The highest BCUT2D eigenvalue weighted by Crippen LogP contribution is 2.30. The fourth-order valence-electron chi connectivity index (χ4n) is 2.54. The van der Waals surface area contributed by atoms with Crippen LogP contribution in [0.15, 0.2) is 0 Å². The third-order valence-corrected chi connectivity index (χ3v) is 4.52. The molecule has 0 amide bonds. The van der Waals surface area contributed by atoms with Gasteiger partial charge in [0, 0.05) is 6.04 Å². The van der Waals surface area contributed by atoms with Gasteiger partial charge in [0.1, 0.15) is 0 Å². The van der Waals surface area contributed by atoms with Gasteiger partial charge in [-0.05, 0) is 30.7 Å². The summed E-state index contributed by atoms with van der Waals surface area (Å²) in [5.74, 6) is 0.789. The second-order valence-electron chi connectivity index (χ2n) is 7.31. The molecular formula is C18H39N. The molecule has 0 aromatic carbocycles. The molecule has 116 valence electrons. The largest absolute Gasteiger partial charge is 0.314 e. The third-order valence-electron chi connectivity index (χ3n) is 4.52. The van der Waals surface area contributed by atoms with Crippen LogP contribution in [0.3, 0.4) is 0 Å². The lowest BCUT2D eigenvalue weighted by molar-refractivity contribution is 0.218. The van der Waals surface area contributed by atoms with Crippen molar-refractivity contribution in [2.45, 2.75) is 99.0 Å². The van der Waals surface area contributed by atoms with Gasteiger partial charge in [-0.2, -0.15) is 0 Å². The Morgan fingerprint density at radius 1 is 0.895 bits per heavy atom. The number of hydrogen-bond acceptors (Lipinski definition) is 1. The molecule has 0 heterocycles. The van der Waals surface area contributed by atoms with E-state index in [0.29, 0.717) is 5.41 Å². The Balaban J connectivity index is 3.86. The molecule has 19 heavy (non-hydrogen) atoms. The topological polar surface area (TPSA) is 12.0 Å². The van der Waals surface area contributed by atoms with Gasteiger partial charge in [0.15, 0.2) is 0 Å². The van der Waals surface area contributed by atoms with Crippen LogP contribution in [-0.4, -0.2) is 12.6 Å². The Kier molecular flexibility index (Phi) is 10.7. The van der Waals surface area contributed by atoms with Crippen molar-refractivity contribution in [1.29, 1.82) is 0 Å². The van der Waals surface area contributed by atoms with Gasteiger partial charge >= 0.3 is 0 Å². The van der Waals surface area contributed by atoms with Gasteiger partial charge in [0.05, 0.1) is 0 Å². The summed E-state index contributed by atoms with van der Waals surface area (Å²) in [6, 6.07) is 0.727. The zero-order valence-electron chi connectivity index (χ0n) is 14.5. The minimum Gasteiger partial charge on any atom is -0.314 e. The standard InChI is InChI=1S/C18H39N/c1-7-9-10-11-12-13-14-17(19-8-2)15-16(3)18(4,5)6/h16-17,19H,7-15H2,1-6H3. The van der Waals surface area contributed by atoms with Crippen LogP contribution in [-0.2, 0) is 0 Å². The Morgan fingerprint density at radius 3 is 2.00 bits per heavy atom. The van der Waals surface area contributed by atoms with Crippen LogP contribution in [0.25, 0.3) is 0 Å². The Hall–Kier alpha value is -0.0400. The van der Waals surface area contributed by atoms with E-state index >= 15 is 0 Å². The van der Waals surface area contributed by atoms with E-state index < -0.39 is 0 Å². The summed E-state index contributed by atoms with van der Waals surface area (Å²) in [6.07, 6.45) is 11.1. The molecule has 1 N–H and O–H groups in total. The number of unbranched alkanes of at least 4 members (excludes halogenated alkanes) is 5. The SMILES string of the molecule is CCCCCCCCC(CC(C)C(C)(C)C)NCC. The Bertz CT molecular complexity index is 192. The first-order chi connectivity index (χ1) is 8.91. The van der Waals surface area contributed by atoms with Crippen molar-refractivity contribution in [3.8, 4) is 0 Å². The molecule has 0 radical (unpaired) electrons. The van der Waals surface area contributed by atoms with Crippen molar-refractivity contribution >= 4 is 0 Å². The molecule has 2 atom stereocenters. The summed E-state index contributed by atoms with van der Waals surface area (Å²) in [5.41, 5.74) is 0.439. The maximum Gasteiger partial charge on any atom is 0.00696 e. The van der Waals surface area contributed by atoms with Crippen molar-refractivity contribution in [3.05, 3.63) is 0 Å². The second-order valence-corrected chi connectivity index (χ2v) is 7.31. The molecule has 0 rings (SSSR count). The van der Waals surface area contributed by atoms with Gasteiger partial charge in [-0.25, -0.2) is 0 Å². The van der Waals surface area contributed by atoms with E-state index in [-0.39, 0.29) is 0 Å². The van der Waals surface area contributed by atoms with Crippen LogP contribution in [0.4, 0.5) is 0 Å². The first kappa shape index (κ1) is 19.0. The van der Waals surface area contributed by atoms with Crippen LogP contribution in [0.5, 0.6) is 0 Å². The average Bonchev–Trinajstić information content (AvgIpc) is 2.32. The van der Waals surface area contributed by atoms with Crippen LogP contribution < -0.4 is 5.32 Å².